The monoisotopic (exact) mass is 416 g/mol. The molecular formula is C24H21ClN4O. The molecule has 0 bridgehead atoms. The van der Waals surface area contributed by atoms with Crippen LogP contribution in [0.15, 0.2) is 79.1 Å². The summed E-state index contributed by atoms with van der Waals surface area (Å²) < 4.78 is 2.03. The predicted octanol–water partition coefficient (Wildman–Crippen LogP) is 4.64. The van der Waals surface area contributed by atoms with Gasteiger partial charge in [-0.05, 0) is 48.5 Å². The molecule has 1 fully saturated rings. The Morgan fingerprint density at radius 2 is 1.53 bits per heavy atom. The maximum atomic E-state index is 13.0. The standard InChI is InChI=1S/C24H21ClN4O/c25-20-5-1-3-7-22(20)27-13-15-28(16-14-27)24(30)18-9-11-19(12-10-18)29-17-26-21-6-2-4-8-23(21)29/h1-12,17H,13-16H2. The van der Waals surface area contributed by atoms with Crippen molar-refractivity contribution in [2.45, 2.75) is 0 Å². The van der Waals surface area contributed by atoms with Crippen LogP contribution in [0.5, 0.6) is 0 Å². The Kier molecular flexibility index (Phi) is 4.89. The fourth-order valence-corrected chi connectivity index (χ4v) is 4.23. The maximum absolute atomic E-state index is 13.0. The predicted molar refractivity (Wildman–Crippen MR) is 121 cm³/mol. The third kappa shape index (κ3) is 3.42. The number of anilines is 1. The number of carbonyl (C=O) groups is 1. The Morgan fingerprint density at radius 3 is 2.30 bits per heavy atom. The average molecular weight is 417 g/mol. The second kappa shape index (κ2) is 7.84. The van der Waals surface area contributed by atoms with Gasteiger partial charge in [-0.25, -0.2) is 4.98 Å². The molecule has 1 amide bonds. The molecule has 5 rings (SSSR count). The zero-order valence-corrected chi connectivity index (χ0v) is 17.2. The van der Waals surface area contributed by atoms with E-state index in [0.717, 1.165) is 40.5 Å². The number of hydrogen-bond acceptors (Lipinski definition) is 3. The van der Waals surface area contributed by atoms with Crippen LogP contribution < -0.4 is 4.90 Å². The summed E-state index contributed by atoms with van der Waals surface area (Å²) in [6.45, 7) is 2.90. The summed E-state index contributed by atoms with van der Waals surface area (Å²) in [4.78, 5) is 21.6. The first-order valence-electron chi connectivity index (χ1n) is 10.0. The van der Waals surface area contributed by atoms with Crippen LogP contribution in [-0.2, 0) is 0 Å². The average Bonchev–Trinajstić information content (AvgIpc) is 3.23. The minimum Gasteiger partial charge on any atom is -0.367 e. The normalized spacial score (nSPS) is 14.3. The van der Waals surface area contributed by atoms with Gasteiger partial charge >= 0.3 is 0 Å². The highest BCUT2D eigenvalue weighted by atomic mass is 35.5. The third-order valence-electron chi connectivity index (χ3n) is 5.61. The smallest absolute Gasteiger partial charge is 0.253 e. The lowest BCUT2D eigenvalue weighted by atomic mass is 10.1. The molecule has 0 atom stereocenters. The first kappa shape index (κ1) is 18.7. The number of imidazole rings is 1. The molecule has 4 aromatic rings. The fraction of sp³-hybridized carbons (Fsp3) is 0.167. The number of piperazine rings is 1. The van der Waals surface area contributed by atoms with Crippen molar-refractivity contribution < 1.29 is 4.79 Å². The van der Waals surface area contributed by atoms with Crippen molar-refractivity contribution >= 4 is 34.2 Å². The van der Waals surface area contributed by atoms with Crippen molar-refractivity contribution in [1.82, 2.24) is 14.5 Å². The van der Waals surface area contributed by atoms with Gasteiger partial charge in [0, 0.05) is 37.4 Å². The van der Waals surface area contributed by atoms with Gasteiger partial charge in [-0.2, -0.15) is 0 Å². The van der Waals surface area contributed by atoms with Crippen molar-refractivity contribution in [3.63, 3.8) is 0 Å². The summed E-state index contributed by atoms with van der Waals surface area (Å²) in [6, 6.07) is 23.6. The van der Waals surface area contributed by atoms with E-state index in [0.29, 0.717) is 18.7 Å². The highest BCUT2D eigenvalue weighted by molar-refractivity contribution is 6.33. The Hall–Kier alpha value is -3.31. The van der Waals surface area contributed by atoms with Gasteiger partial charge in [-0.15, -0.1) is 0 Å². The molecule has 30 heavy (non-hydrogen) atoms. The van der Waals surface area contributed by atoms with Crippen molar-refractivity contribution in [3.8, 4) is 5.69 Å². The van der Waals surface area contributed by atoms with Gasteiger partial charge in [0.1, 0.15) is 6.33 Å². The Bertz CT molecular complexity index is 1190. The minimum absolute atomic E-state index is 0.0656. The molecule has 0 radical (unpaired) electrons. The van der Waals surface area contributed by atoms with Crippen LogP contribution in [0.2, 0.25) is 5.02 Å². The number of halogens is 1. The molecule has 0 N–H and O–H groups in total. The highest BCUT2D eigenvalue weighted by Crippen LogP contribution is 2.26. The van der Waals surface area contributed by atoms with E-state index in [-0.39, 0.29) is 5.91 Å². The summed E-state index contributed by atoms with van der Waals surface area (Å²) >= 11 is 6.32. The summed E-state index contributed by atoms with van der Waals surface area (Å²) in [5, 5.41) is 0.750. The number of fused-ring (bicyclic) bond motifs is 1. The lowest BCUT2D eigenvalue weighted by Gasteiger charge is -2.36. The quantitative estimate of drug-likeness (QED) is 0.488. The number of carbonyl (C=O) groups excluding carboxylic acids is 1. The van der Waals surface area contributed by atoms with Crippen LogP contribution >= 0.6 is 11.6 Å². The molecule has 5 nitrogen and oxygen atoms in total. The molecule has 1 aliphatic heterocycles. The molecule has 0 saturated carbocycles. The molecule has 1 saturated heterocycles. The second-order valence-electron chi connectivity index (χ2n) is 7.38. The number of para-hydroxylation sites is 3. The summed E-state index contributed by atoms with van der Waals surface area (Å²) in [5.41, 5.74) is 4.72. The van der Waals surface area contributed by atoms with Crippen molar-refractivity contribution in [3.05, 3.63) is 89.7 Å². The van der Waals surface area contributed by atoms with E-state index in [1.807, 2.05) is 88.6 Å². The van der Waals surface area contributed by atoms with Crippen LogP contribution in [0.25, 0.3) is 16.7 Å². The van der Waals surface area contributed by atoms with E-state index < -0.39 is 0 Å². The van der Waals surface area contributed by atoms with E-state index in [4.69, 9.17) is 11.6 Å². The Morgan fingerprint density at radius 1 is 0.833 bits per heavy atom. The largest absolute Gasteiger partial charge is 0.367 e. The van der Waals surface area contributed by atoms with E-state index in [1.54, 1.807) is 0 Å². The Balaban J connectivity index is 1.29. The molecular weight excluding hydrogens is 396 g/mol. The number of hydrogen-bond donors (Lipinski definition) is 0. The minimum atomic E-state index is 0.0656. The van der Waals surface area contributed by atoms with Gasteiger partial charge in [-0.3, -0.25) is 9.36 Å². The van der Waals surface area contributed by atoms with Crippen LogP contribution in [-0.4, -0.2) is 46.5 Å². The molecule has 0 spiro atoms. The van der Waals surface area contributed by atoms with E-state index in [1.165, 1.54) is 0 Å². The number of rotatable bonds is 3. The maximum Gasteiger partial charge on any atom is 0.253 e. The summed E-state index contributed by atoms with van der Waals surface area (Å²) in [5.74, 6) is 0.0656. The molecule has 0 unspecified atom stereocenters. The van der Waals surface area contributed by atoms with E-state index >= 15 is 0 Å². The SMILES string of the molecule is O=C(c1ccc(-n2cnc3ccccc32)cc1)N1CCN(c2ccccc2Cl)CC1. The molecule has 1 aromatic heterocycles. The Labute approximate surface area is 180 Å². The van der Waals surface area contributed by atoms with Gasteiger partial charge in [0.25, 0.3) is 5.91 Å². The van der Waals surface area contributed by atoms with Crippen molar-refractivity contribution in [1.29, 1.82) is 0 Å². The molecule has 150 valence electrons. The first-order valence-corrected chi connectivity index (χ1v) is 10.4. The van der Waals surface area contributed by atoms with Crippen LogP contribution in [0.3, 0.4) is 0 Å². The van der Waals surface area contributed by atoms with Gasteiger partial charge in [0.05, 0.1) is 21.7 Å². The number of amides is 1. The molecule has 6 heteroatoms. The lowest BCUT2D eigenvalue weighted by Crippen LogP contribution is -2.48. The van der Waals surface area contributed by atoms with Gasteiger partial charge in [0.15, 0.2) is 0 Å². The third-order valence-corrected chi connectivity index (χ3v) is 5.93. The van der Waals surface area contributed by atoms with Crippen LogP contribution in [0.4, 0.5) is 5.69 Å². The molecule has 1 aliphatic rings. The first-order chi connectivity index (χ1) is 14.7. The topological polar surface area (TPSA) is 41.4 Å². The second-order valence-corrected chi connectivity index (χ2v) is 7.79. The van der Waals surface area contributed by atoms with Crippen LogP contribution in [0, 0.1) is 0 Å². The lowest BCUT2D eigenvalue weighted by molar-refractivity contribution is 0.0747. The summed E-state index contributed by atoms with van der Waals surface area (Å²) in [6.07, 6.45) is 1.81. The summed E-state index contributed by atoms with van der Waals surface area (Å²) in [7, 11) is 0. The molecule has 3 aromatic carbocycles. The zero-order valence-electron chi connectivity index (χ0n) is 16.4. The fourth-order valence-electron chi connectivity index (χ4n) is 3.97. The molecule has 2 heterocycles. The number of benzene rings is 3. The van der Waals surface area contributed by atoms with Gasteiger partial charge < -0.3 is 9.80 Å². The van der Waals surface area contributed by atoms with E-state index in [2.05, 4.69) is 9.88 Å². The highest BCUT2D eigenvalue weighted by Gasteiger charge is 2.23. The zero-order chi connectivity index (χ0) is 20.5. The van der Waals surface area contributed by atoms with Crippen molar-refractivity contribution in [2.24, 2.45) is 0 Å². The van der Waals surface area contributed by atoms with E-state index in [9.17, 15) is 4.79 Å². The van der Waals surface area contributed by atoms with Gasteiger partial charge in [0.2, 0.25) is 0 Å². The number of aromatic nitrogens is 2. The van der Waals surface area contributed by atoms with Crippen LogP contribution in [0.1, 0.15) is 10.4 Å². The molecule has 0 aliphatic carbocycles. The van der Waals surface area contributed by atoms with Crippen molar-refractivity contribution in [2.75, 3.05) is 31.1 Å². The van der Waals surface area contributed by atoms with Gasteiger partial charge in [-0.1, -0.05) is 35.9 Å². The number of nitrogens with zero attached hydrogens (tertiary/aromatic N) is 4.